The van der Waals surface area contributed by atoms with E-state index < -0.39 is 5.60 Å². The van der Waals surface area contributed by atoms with Crippen molar-refractivity contribution in [2.75, 3.05) is 6.54 Å². The normalized spacial score (nSPS) is 22.6. The molecule has 1 N–H and O–H groups in total. The second kappa shape index (κ2) is 4.55. The Balaban J connectivity index is 2.75. The Hall–Kier alpha value is -1.26. The van der Waals surface area contributed by atoms with Gasteiger partial charge in [0.25, 0.3) is 0 Å². The number of carbonyl (C=O) groups excluding carboxylic acids is 1. The van der Waals surface area contributed by atoms with Gasteiger partial charge in [-0.2, -0.15) is 0 Å². The van der Waals surface area contributed by atoms with Gasteiger partial charge < -0.3 is 14.8 Å². The lowest BCUT2D eigenvalue weighted by molar-refractivity contribution is 0.00216. The minimum atomic E-state index is -0.488. The lowest BCUT2D eigenvalue weighted by Gasteiger charge is -2.42. The Labute approximate surface area is 102 Å². The van der Waals surface area contributed by atoms with E-state index in [2.05, 4.69) is 5.16 Å². The van der Waals surface area contributed by atoms with Crippen LogP contribution in [0.4, 0.5) is 4.79 Å². The molecule has 0 atom stereocenters. The average molecular weight is 242 g/mol. The number of piperidine rings is 1. The summed E-state index contributed by atoms with van der Waals surface area (Å²) >= 11 is 0. The molecule has 1 aliphatic heterocycles. The van der Waals surface area contributed by atoms with Gasteiger partial charge in [0.05, 0.1) is 5.71 Å². The molecule has 0 bridgehead atoms. The fraction of sp³-hybridized carbons (Fsp3) is 0.833. The Morgan fingerprint density at radius 3 is 2.47 bits per heavy atom. The van der Waals surface area contributed by atoms with Crippen LogP contribution in [-0.2, 0) is 4.74 Å². The van der Waals surface area contributed by atoms with Crippen molar-refractivity contribution in [2.24, 2.45) is 5.16 Å². The predicted molar refractivity (Wildman–Crippen MR) is 65.5 cm³/mol. The maximum absolute atomic E-state index is 12.0. The van der Waals surface area contributed by atoms with Gasteiger partial charge in [-0.1, -0.05) is 5.16 Å². The zero-order valence-electron chi connectivity index (χ0n) is 11.3. The monoisotopic (exact) mass is 242 g/mol. The van der Waals surface area contributed by atoms with Crippen LogP contribution in [0.25, 0.3) is 0 Å². The van der Waals surface area contributed by atoms with Crippen molar-refractivity contribution >= 4 is 11.8 Å². The summed E-state index contributed by atoms with van der Waals surface area (Å²) in [5.41, 5.74) is -0.129. The van der Waals surface area contributed by atoms with Gasteiger partial charge in [-0.15, -0.1) is 0 Å². The van der Waals surface area contributed by atoms with Crippen molar-refractivity contribution in [2.45, 2.75) is 58.6 Å². The summed E-state index contributed by atoms with van der Waals surface area (Å²) in [5, 5.41) is 12.0. The van der Waals surface area contributed by atoms with Gasteiger partial charge in [0, 0.05) is 24.9 Å². The SMILES string of the molecule is CC(C)(C)OC(=O)N1CC/C(=N\O)CC1(C)C. The summed E-state index contributed by atoms with van der Waals surface area (Å²) in [4.78, 5) is 13.7. The van der Waals surface area contributed by atoms with E-state index >= 15 is 0 Å². The molecule has 1 fully saturated rings. The molecule has 0 aromatic heterocycles. The van der Waals surface area contributed by atoms with E-state index in [1.807, 2.05) is 34.6 Å². The summed E-state index contributed by atoms with van der Waals surface area (Å²) in [7, 11) is 0. The summed E-state index contributed by atoms with van der Waals surface area (Å²) in [5.74, 6) is 0. The van der Waals surface area contributed by atoms with Crippen molar-refractivity contribution < 1.29 is 14.7 Å². The van der Waals surface area contributed by atoms with E-state index in [0.29, 0.717) is 19.4 Å². The van der Waals surface area contributed by atoms with Gasteiger partial charge in [0.1, 0.15) is 5.60 Å². The highest BCUT2D eigenvalue weighted by Gasteiger charge is 2.38. The Morgan fingerprint density at radius 1 is 1.47 bits per heavy atom. The number of nitrogens with zero attached hydrogens (tertiary/aromatic N) is 2. The number of ether oxygens (including phenoxy) is 1. The number of hydrogen-bond acceptors (Lipinski definition) is 4. The maximum Gasteiger partial charge on any atom is 0.410 e. The number of oxime groups is 1. The minimum absolute atomic E-state index is 0.306. The standard InChI is InChI=1S/C12H22N2O3/c1-11(2,3)17-10(15)14-7-6-9(13-16)8-12(14,4)5/h16H,6-8H2,1-5H3/b13-9+. The highest BCUT2D eigenvalue weighted by atomic mass is 16.6. The van der Waals surface area contributed by atoms with E-state index in [1.54, 1.807) is 4.90 Å². The van der Waals surface area contributed by atoms with E-state index in [9.17, 15) is 4.79 Å². The molecule has 0 aliphatic carbocycles. The van der Waals surface area contributed by atoms with E-state index in [4.69, 9.17) is 9.94 Å². The second-order valence-corrected chi connectivity index (χ2v) is 6.04. The summed E-state index contributed by atoms with van der Waals surface area (Å²) in [6.45, 7) is 9.97. The number of amides is 1. The summed E-state index contributed by atoms with van der Waals surface area (Å²) in [6, 6.07) is 0. The molecule has 0 saturated carbocycles. The van der Waals surface area contributed by atoms with Gasteiger partial charge >= 0.3 is 6.09 Å². The first kappa shape index (κ1) is 13.8. The molecular weight excluding hydrogens is 220 g/mol. The molecule has 0 spiro atoms. The van der Waals surface area contributed by atoms with Crippen LogP contribution in [0.3, 0.4) is 0 Å². The van der Waals surface area contributed by atoms with Crippen LogP contribution in [0, 0.1) is 0 Å². The highest BCUT2D eigenvalue weighted by Crippen LogP contribution is 2.27. The van der Waals surface area contributed by atoms with Crippen LogP contribution in [0.15, 0.2) is 5.16 Å². The quantitative estimate of drug-likeness (QED) is 0.524. The van der Waals surface area contributed by atoms with Crippen molar-refractivity contribution in [1.82, 2.24) is 4.90 Å². The highest BCUT2D eigenvalue weighted by molar-refractivity contribution is 5.87. The van der Waals surface area contributed by atoms with Crippen LogP contribution < -0.4 is 0 Å². The van der Waals surface area contributed by atoms with E-state index in [-0.39, 0.29) is 11.6 Å². The molecule has 1 heterocycles. The summed E-state index contributed by atoms with van der Waals surface area (Å²) < 4.78 is 5.37. The third-order valence-corrected chi connectivity index (χ3v) is 2.75. The number of carbonyl (C=O) groups is 1. The van der Waals surface area contributed by atoms with E-state index in [0.717, 1.165) is 5.71 Å². The molecule has 1 aliphatic rings. The number of likely N-dealkylation sites (tertiary alicyclic amines) is 1. The molecule has 0 aromatic carbocycles. The Bertz CT molecular complexity index is 329. The zero-order valence-corrected chi connectivity index (χ0v) is 11.3. The molecule has 1 saturated heterocycles. The Morgan fingerprint density at radius 2 is 2.06 bits per heavy atom. The molecule has 5 heteroatoms. The Kier molecular flexibility index (Phi) is 3.69. The van der Waals surface area contributed by atoms with Gasteiger partial charge in [-0.25, -0.2) is 4.79 Å². The van der Waals surface area contributed by atoms with Crippen LogP contribution in [-0.4, -0.2) is 39.6 Å². The second-order valence-electron chi connectivity index (χ2n) is 6.04. The largest absolute Gasteiger partial charge is 0.444 e. The topological polar surface area (TPSA) is 62.1 Å². The maximum atomic E-state index is 12.0. The fourth-order valence-electron chi connectivity index (χ4n) is 1.97. The molecule has 17 heavy (non-hydrogen) atoms. The molecule has 0 radical (unpaired) electrons. The number of rotatable bonds is 0. The van der Waals surface area contributed by atoms with Crippen molar-refractivity contribution in [3.8, 4) is 0 Å². The van der Waals surface area contributed by atoms with Crippen molar-refractivity contribution in [3.05, 3.63) is 0 Å². The first-order valence-corrected chi connectivity index (χ1v) is 5.86. The minimum Gasteiger partial charge on any atom is -0.444 e. The summed E-state index contributed by atoms with van der Waals surface area (Å²) in [6.07, 6.45) is 0.863. The molecule has 1 rings (SSSR count). The van der Waals surface area contributed by atoms with Crippen LogP contribution in [0.1, 0.15) is 47.5 Å². The first-order chi connectivity index (χ1) is 7.65. The van der Waals surface area contributed by atoms with Gasteiger partial charge in [0.15, 0.2) is 0 Å². The molecular formula is C12H22N2O3. The molecule has 1 amide bonds. The number of hydrogen-bond donors (Lipinski definition) is 1. The lowest BCUT2D eigenvalue weighted by atomic mass is 9.89. The zero-order chi connectivity index (χ0) is 13.3. The van der Waals surface area contributed by atoms with Crippen LogP contribution in [0.5, 0.6) is 0 Å². The molecule has 0 aromatic rings. The fourth-order valence-corrected chi connectivity index (χ4v) is 1.97. The first-order valence-electron chi connectivity index (χ1n) is 5.86. The van der Waals surface area contributed by atoms with Gasteiger partial charge in [0.2, 0.25) is 0 Å². The van der Waals surface area contributed by atoms with Gasteiger partial charge in [-0.05, 0) is 34.6 Å². The lowest BCUT2D eigenvalue weighted by Crippen LogP contribution is -2.54. The smallest absolute Gasteiger partial charge is 0.410 e. The van der Waals surface area contributed by atoms with Crippen molar-refractivity contribution in [1.29, 1.82) is 0 Å². The predicted octanol–water partition coefficient (Wildman–Crippen LogP) is 2.63. The van der Waals surface area contributed by atoms with Crippen molar-refractivity contribution in [3.63, 3.8) is 0 Å². The average Bonchev–Trinajstić information content (AvgIpc) is 2.12. The third kappa shape index (κ3) is 3.61. The molecule has 0 unspecified atom stereocenters. The third-order valence-electron chi connectivity index (χ3n) is 2.75. The molecule has 98 valence electrons. The van der Waals surface area contributed by atoms with Crippen LogP contribution >= 0.6 is 0 Å². The van der Waals surface area contributed by atoms with E-state index in [1.165, 1.54) is 0 Å². The molecule has 5 nitrogen and oxygen atoms in total. The van der Waals surface area contributed by atoms with Gasteiger partial charge in [-0.3, -0.25) is 0 Å². The van der Waals surface area contributed by atoms with Crippen LogP contribution in [0.2, 0.25) is 0 Å².